The first-order valence-corrected chi connectivity index (χ1v) is 6.67. The van der Waals surface area contributed by atoms with Crippen LogP contribution in [-0.2, 0) is 0 Å². The molecule has 1 aliphatic heterocycles. The number of fused-ring (bicyclic) bond motifs is 1. The number of benzene rings is 1. The van der Waals surface area contributed by atoms with Gasteiger partial charge in [-0.1, -0.05) is 0 Å². The van der Waals surface area contributed by atoms with E-state index in [2.05, 4.69) is 5.32 Å². The molecule has 1 aliphatic carbocycles. The fourth-order valence-electron chi connectivity index (χ4n) is 2.19. The number of nitrogens with one attached hydrogen (secondary N) is 1. The van der Waals surface area contributed by atoms with E-state index in [9.17, 15) is 4.79 Å². The molecule has 5 heteroatoms. The van der Waals surface area contributed by atoms with Crippen LogP contribution in [0.25, 0.3) is 0 Å². The molecule has 1 aromatic carbocycles. The van der Waals surface area contributed by atoms with Gasteiger partial charge in [-0.05, 0) is 37.0 Å². The topological polar surface area (TPSA) is 73.6 Å². The normalized spacial score (nSPS) is 18.8. The highest BCUT2D eigenvalue weighted by molar-refractivity contribution is 5.94. The third kappa shape index (κ3) is 2.81. The molecule has 1 fully saturated rings. The van der Waals surface area contributed by atoms with E-state index in [0.717, 1.165) is 0 Å². The molecule has 0 bridgehead atoms. The molecular weight excluding hydrogens is 244 g/mol. The van der Waals surface area contributed by atoms with Gasteiger partial charge in [-0.3, -0.25) is 4.79 Å². The molecule has 1 heterocycles. The Labute approximate surface area is 112 Å². The minimum atomic E-state index is -0.118. The first kappa shape index (κ1) is 12.3. The van der Waals surface area contributed by atoms with Crippen molar-refractivity contribution in [3.05, 3.63) is 23.8 Å². The maximum Gasteiger partial charge on any atom is 0.251 e. The van der Waals surface area contributed by atoms with Crippen LogP contribution in [0.1, 0.15) is 23.2 Å². The second-order valence-corrected chi connectivity index (χ2v) is 5.07. The van der Waals surface area contributed by atoms with Crippen molar-refractivity contribution >= 4 is 5.91 Å². The predicted molar refractivity (Wildman–Crippen MR) is 70.5 cm³/mol. The molecule has 0 radical (unpaired) electrons. The first-order chi connectivity index (χ1) is 9.24. The highest BCUT2D eigenvalue weighted by Gasteiger charge is 2.28. The molecular formula is C14H18N2O3. The van der Waals surface area contributed by atoms with Gasteiger partial charge < -0.3 is 20.5 Å². The zero-order valence-corrected chi connectivity index (χ0v) is 10.7. The molecule has 19 heavy (non-hydrogen) atoms. The minimum Gasteiger partial charge on any atom is -0.486 e. The van der Waals surface area contributed by atoms with Crippen molar-refractivity contribution in [2.24, 2.45) is 11.7 Å². The third-order valence-electron chi connectivity index (χ3n) is 3.53. The van der Waals surface area contributed by atoms with Crippen LogP contribution in [0.4, 0.5) is 0 Å². The van der Waals surface area contributed by atoms with Gasteiger partial charge in [0.2, 0.25) is 0 Å². The van der Waals surface area contributed by atoms with Gasteiger partial charge >= 0.3 is 0 Å². The number of ether oxygens (including phenoxy) is 2. The molecule has 0 spiro atoms. The van der Waals surface area contributed by atoms with E-state index in [4.69, 9.17) is 15.2 Å². The molecule has 1 unspecified atom stereocenters. The third-order valence-corrected chi connectivity index (χ3v) is 3.53. The average Bonchev–Trinajstić information content (AvgIpc) is 3.28. The standard InChI is InChI=1S/C14H18N2O3/c15-11(9-1-2-9)8-16-14(17)10-3-4-12-13(7-10)19-6-5-18-12/h3-4,7,9,11H,1-2,5-6,8,15H2,(H,16,17). The summed E-state index contributed by atoms with van der Waals surface area (Å²) in [6.07, 6.45) is 2.36. The Balaban J connectivity index is 1.62. The quantitative estimate of drug-likeness (QED) is 0.846. The Morgan fingerprint density at radius 2 is 2.05 bits per heavy atom. The number of hydrogen-bond donors (Lipinski definition) is 2. The van der Waals surface area contributed by atoms with Crippen molar-refractivity contribution in [1.82, 2.24) is 5.32 Å². The number of hydrogen-bond acceptors (Lipinski definition) is 4. The maximum absolute atomic E-state index is 12.0. The highest BCUT2D eigenvalue weighted by Crippen LogP contribution is 2.32. The van der Waals surface area contributed by atoms with Gasteiger partial charge in [0.1, 0.15) is 13.2 Å². The summed E-state index contributed by atoms with van der Waals surface area (Å²) in [4.78, 5) is 12.0. The summed E-state index contributed by atoms with van der Waals surface area (Å²) in [5, 5.41) is 2.87. The van der Waals surface area contributed by atoms with Crippen molar-refractivity contribution in [3.63, 3.8) is 0 Å². The molecule has 3 N–H and O–H groups in total. The highest BCUT2D eigenvalue weighted by atomic mass is 16.6. The average molecular weight is 262 g/mol. The van der Waals surface area contributed by atoms with Gasteiger partial charge in [-0.25, -0.2) is 0 Å². The molecule has 5 nitrogen and oxygen atoms in total. The van der Waals surface area contributed by atoms with E-state index in [-0.39, 0.29) is 11.9 Å². The molecule has 1 saturated carbocycles. The zero-order valence-electron chi connectivity index (χ0n) is 10.7. The second-order valence-electron chi connectivity index (χ2n) is 5.07. The SMILES string of the molecule is NC(CNC(=O)c1ccc2c(c1)OCCO2)C1CC1. The Kier molecular flexibility index (Phi) is 3.29. The van der Waals surface area contributed by atoms with Gasteiger partial charge in [-0.2, -0.15) is 0 Å². The van der Waals surface area contributed by atoms with Crippen LogP contribution >= 0.6 is 0 Å². The Hall–Kier alpha value is -1.75. The molecule has 1 amide bonds. The van der Waals surface area contributed by atoms with E-state index in [1.165, 1.54) is 12.8 Å². The predicted octanol–water partition coefficient (Wildman–Crippen LogP) is 0.925. The van der Waals surface area contributed by atoms with Gasteiger partial charge in [0.25, 0.3) is 5.91 Å². The zero-order chi connectivity index (χ0) is 13.2. The van der Waals surface area contributed by atoms with Crippen molar-refractivity contribution in [1.29, 1.82) is 0 Å². The van der Waals surface area contributed by atoms with Crippen molar-refractivity contribution < 1.29 is 14.3 Å². The van der Waals surface area contributed by atoms with Crippen LogP contribution in [-0.4, -0.2) is 31.7 Å². The van der Waals surface area contributed by atoms with Gasteiger partial charge in [-0.15, -0.1) is 0 Å². The van der Waals surface area contributed by atoms with Gasteiger partial charge in [0.05, 0.1) is 0 Å². The number of nitrogens with two attached hydrogens (primary N) is 1. The van der Waals surface area contributed by atoms with E-state index >= 15 is 0 Å². The van der Waals surface area contributed by atoms with Crippen LogP contribution in [0.5, 0.6) is 11.5 Å². The summed E-state index contributed by atoms with van der Waals surface area (Å²) in [6, 6.07) is 5.29. The molecule has 0 aromatic heterocycles. The smallest absolute Gasteiger partial charge is 0.251 e. The molecule has 1 atom stereocenters. The Morgan fingerprint density at radius 1 is 1.32 bits per heavy atom. The van der Waals surface area contributed by atoms with Crippen LogP contribution < -0.4 is 20.5 Å². The lowest BCUT2D eigenvalue weighted by molar-refractivity contribution is 0.0949. The van der Waals surface area contributed by atoms with Crippen molar-refractivity contribution in [2.45, 2.75) is 18.9 Å². The lowest BCUT2D eigenvalue weighted by Gasteiger charge is -2.19. The number of amides is 1. The number of rotatable bonds is 4. The molecule has 0 saturated heterocycles. The van der Waals surface area contributed by atoms with Gasteiger partial charge in [0.15, 0.2) is 11.5 Å². The molecule has 102 valence electrons. The van der Waals surface area contributed by atoms with Crippen LogP contribution in [0.2, 0.25) is 0 Å². The van der Waals surface area contributed by atoms with Crippen LogP contribution in [0.15, 0.2) is 18.2 Å². The van der Waals surface area contributed by atoms with Crippen LogP contribution in [0.3, 0.4) is 0 Å². The largest absolute Gasteiger partial charge is 0.486 e. The first-order valence-electron chi connectivity index (χ1n) is 6.67. The van der Waals surface area contributed by atoms with Crippen molar-refractivity contribution in [2.75, 3.05) is 19.8 Å². The monoisotopic (exact) mass is 262 g/mol. The van der Waals surface area contributed by atoms with E-state index in [1.807, 2.05) is 0 Å². The van der Waals surface area contributed by atoms with E-state index in [1.54, 1.807) is 18.2 Å². The lowest BCUT2D eigenvalue weighted by atomic mass is 10.1. The fourth-order valence-corrected chi connectivity index (χ4v) is 2.19. The molecule has 2 aliphatic rings. The van der Waals surface area contributed by atoms with Crippen LogP contribution in [0, 0.1) is 5.92 Å². The summed E-state index contributed by atoms with van der Waals surface area (Å²) in [7, 11) is 0. The van der Waals surface area contributed by atoms with E-state index < -0.39 is 0 Å². The maximum atomic E-state index is 12.0. The number of carbonyl (C=O) groups excluding carboxylic acids is 1. The van der Waals surface area contributed by atoms with E-state index in [0.29, 0.717) is 42.7 Å². The summed E-state index contributed by atoms with van der Waals surface area (Å²) < 4.78 is 10.9. The summed E-state index contributed by atoms with van der Waals surface area (Å²) in [5.41, 5.74) is 6.53. The summed E-state index contributed by atoms with van der Waals surface area (Å²) in [5.74, 6) is 1.79. The summed E-state index contributed by atoms with van der Waals surface area (Å²) >= 11 is 0. The second kappa shape index (κ2) is 5.09. The molecule has 3 rings (SSSR count). The van der Waals surface area contributed by atoms with Gasteiger partial charge in [0, 0.05) is 18.2 Å². The summed E-state index contributed by atoms with van der Waals surface area (Å²) in [6.45, 7) is 1.59. The Bertz CT molecular complexity index is 486. The molecule has 1 aromatic rings. The van der Waals surface area contributed by atoms with Crippen molar-refractivity contribution in [3.8, 4) is 11.5 Å². The Morgan fingerprint density at radius 3 is 2.79 bits per heavy atom. The number of carbonyl (C=O) groups is 1. The minimum absolute atomic E-state index is 0.0705. The fraction of sp³-hybridized carbons (Fsp3) is 0.500. The lowest BCUT2D eigenvalue weighted by Crippen LogP contribution is -2.38.